The van der Waals surface area contributed by atoms with Gasteiger partial charge in [0.2, 0.25) is 0 Å². The lowest BCUT2D eigenvalue weighted by molar-refractivity contribution is -0.139. The number of nitrogens with one attached hydrogen (secondary N) is 2. The zero-order chi connectivity index (χ0) is 13.8. The van der Waals surface area contributed by atoms with Crippen LogP contribution in [0.5, 0.6) is 0 Å². The van der Waals surface area contributed by atoms with Crippen molar-refractivity contribution in [1.29, 1.82) is 0 Å². The van der Waals surface area contributed by atoms with Crippen molar-refractivity contribution in [1.82, 2.24) is 10.6 Å². The van der Waals surface area contributed by atoms with Crippen LogP contribution in [0.2, 0.25) is 0 Å². The highest BCUT2D eigenvalue weighted by molar-refractivity contribution is 5.82. The lowest BCUT2D eigenvalue weighted by Gasteiger charge is -2.13. The molecule has 104 valence electrons. The Kier molecular flexibility index (Phi) is 9.67. The van der Waals surface area contributed by atoms with Crippen LogP contribution < -0.4 is 10.6 Å². The molecule has 0 saturated carbocycles. The molecule has 0 bridgehead atoms. The highest BCUT2D eigenvalue weighted by Gasteiger charge is 2.17. The molecule has 0 aromatic heterocycles. The number of carboxylic acids is 1. The molecule has 2 amide bonds. The van der Waals surface area contributed by atoms with Gasteiger partial charge in [0.15, 0.2) is 0 Å². The molecule has 0 aliphatic heterocycles. The summed E-state index contributed by atoms with van der Waals surface area (Å²) < 4.78 is 5.25. The molecule has 0 heterocycles. The van der Waals surface area contributed by atoms with Gasteiger partial charge in [0.1, 0.15) is 6.04 Å². The SMILES string of the molecule is C=CCC(NC(=O)NCCOCCCC)C(=O)O. The van der Waals surface area contributed by atoms with Crippen LogP contribution in [-0.4, -0.2) is 42.9 Å². The monoisotopic (exact) mass is 258 g/mol. The average molecular weight is 258 g/mol. The van der Waals surface area contributed by atoms with Gasteiger partial charge >= 0.3 is 12.0 Å². The molecule has 0 spiro atoms. The molecule has 0 rings (SSSR count). The van der Waals surface area contributed by atoms with E-state index in [-0.39, 0.29) is 6.42 Å². The Morgan fingerprint density at radius 3 is 2.72 bits per heavy atom. The van der Waals surface area contributed by atoms with E-state index >= 15 is 0 Å². The number of hydrogen-bond acceptors (Lipinski definition) is 3. The van der Waals surface area contributed by atoms with Gasteiger partial charge in [0.25, 0.3) is 0 Å². The topological polar surface area (TPSA) is 87.7 Å². The molecule has 0 aliphatic carbocycles. The van der Waals surface area contributed by atoms with Gasteiger partial charge in [-0.15, -0.1) is 6.58 Å². The van der Waals surface area contributed by atoms with Gasteiger partial charge in [0, 0.05) is 13.2 Å². The number of amides is 2. The minimum absolute atomic E-state index is 0.190. The van der Waals surface area contributed by atoms with Gasteiger partial charge in [-0.3, -0.25) is 0 Å². The van der Waals surface area contributed by atoms with Crippen LogP contribution in [-0.2, 0) is 9.53 Å². The van der Waals surface area contributed by atoms with Gasteiger partial charge < -0.3 is 20.5 Å². The second kappa shape index (κ2) is 10.6. The number of rotatable bonds is 10. The fraction of sp³-hybridized carbons (Fsp3) is 0.667. The summed E-state index contributed by atoms with van der Waals surface area (Å²) in [6.45, 7) is 6.96. The summed E-state index contributed by atoms with van der Waals surface area (Å²) in [5.41, 5.74) is 0. The molecule has 0 fully saturated rings. The molecule has 0 aromatic carbocycles. The molecule has 6 heteroatoms. The number of hydrogen-bond donors (Lipinski definition) is 3. The number of carbonyl (C=O) groups excluding carboxylic acids is 1. The Labute approximate surface area is 107 Å². The zero-order valence-corrected chi connectivity index (χ0v) is 10.8. The standard InChI is InChI=1S/C12H22N2O4/c1-3-5-8-18-9-7-13-12(17)14-10(6-4-2)11(15)16/h4,10H,2-3,5-9H2,1H3,(H,15,16)(H2,13,14,17). The largest absolute Gasteiger partial charge is 0.480 e. The maximum absolute atomic E-state index is 11.3. The number of aliphatic carboxylic acids is 1. The Bertz CT molecular complexity index is 269. The second-order valence-corrected chi connectivity index (χ2v) is 3.78. The second-order valence-electron chi connectivity index (χ2n) is 3.78. The van der Waals surface area contributed by atoms with E-state index in [1.165, 1.54) is 6.08 Å². The van der Waals surface area contributed by atoms with Crippen molar-refractivity contribution in [3.63, 3.8) is 0 Å². The van der Waals surface area contributed by atoms with Gasteiger partial charge in [-0.05, 0) is 12.8 Å². The van der Waals surface area contributed by atoms with E-state index in [1.54, 1.807) is 0 Å². The number of carboxylic acid groups (broad SMARTS) is 1. The lowest BCUT2D eigenvalue weighted by atomic mass is 10.2. The Morgan fingerprint density at radius 2 is 2.17 bits per heavy atom. The summed E-state index contributed by atoms with van der Waals surface area (Å²) in [5, 5.41) is 13.7. The maximum Gasteiger partial charge on any atom is 0.326 e. The fourth-order valence-electron chi connectivity index (χ4n) is 1.18. The van der Waals surface area contributed by atoms with Crippen LogP contribution >= 0.6 is 0 Å². The van der Waals surface area contributed by atoms with E-state index in [1.807, 2.05) is 0 Å². The molecule has 0 saturated heterocycles. The fourth-order valence-corrected chi connectivity index (χ4v) is 1.18. The average Bonchev–Trinajstić information content (AvgIpc) is 2.33. The predicted octanol–water partition coefficient (Wildman–Crippen LogP) is 1.13. The summed E-state index contributed by atoms with van der Waals surface area (Å²) in [7, 11) is 0. The van der Waals surface area contributed by atoms with E-state index in [4.69, 9.17) is 9.84 Å². The van der Waals surface area contributed by atoms with Gasteiger partial charge in [-0.2, -0.15) is 0 Å². The third kappa shape index (κ3) is 8.58. The molecule has 0 aliphatic rings. The van der Waals surface area contributed by atoms with Crippen molar-refractivity contribution in [2.75, 3.05) is 19.8 Å². The van der Waals surface area contributed by atoms with Crippen molar-refractivity contribution >= 4 is 12.0 Å². The summed E-state index contributed by atoms with van der Waals surface area (Å²) in [4.78, 5) is 22.1. The van der Waals surface area contributed by atoms with E-state index in [9.17, 15) is 9.59 Å². The van der Waals surface area contributed by atoms with Crippen LogP contribution in [0, 0.1) is 0 Å². The van der Waals surface area contributed by atoms with Crippen LogP contribution in [0.3, 0.4) is 0 Å². The Morgan fingerprint density at radius 1 is 1.44 bits per heavy atom. The first-order valence-electron chi connectivity index (χ1n) is 6.07. The van der Waals surface area contributed by atoms with E-state index in [0.29, 0.717) is 19.8 Å². The molecule has 0 radical (unpaired) electrons. The first kappa shape index (κ1) is 16.4. The first-order chi connectivity index (χ1) is 8.61. The molecule has 6 nitrogen and oxygen atoms in total. The molecular formula is C12H22N2O4. The number of ether oxygens (including phenoxy) is 1. The van der Waals surface area contributed by atoms with Gasteiger partial charge in [0.05, 0.1) is 6.61 Å². The number of unbranched alkanes of at least 4 members (excludes halogenated alkanes) is 1. The molecule has 1 atom stereocenters. The van der Waals surface area contributed by atoms with Crippen LogP contribution in [0.1, 0.15) is 26.2 Å². The van der Waals surface area contributed by atoms with Crippen LogP contribution in [0.15, 0.2) is 12.7 Å². The lowest BCUT2D eigenvalue weighted by Crippen LogP contribution is -2.46. The van der Waals surface area contributed by atoms with Gasteiger partial charge in [-0.25, -0.2) is 9.59 Å². The molecular weight excluding hydrogens is 236 g/mol. The van der Waals surface area contributed by atoms with Crippen molar-refractivity contribution < 1.29 is 19.4 Å². The zero-order valence-electron chi connectivity index (χ0n) is 10.8. The minimum Gasteiger partial charge on any atom is -0.480 e. The molecule has 3 N–H and O–H groups in total. The van der Waals surface area contributed by atoms with Crippen molar-refractivity contribution in [3.8, 4) is 0 Å². The molecule has 0 aromatic rings. The predicted molar refractivity (Wildman–Crippen MR) is 68.5 cm³/mol. The summed E-state index contributed by atoms with van der Waals surface area (Å²) in [6.07, 6.45) is 3.70. The van der Waals surface area contributed by atoms with Crippen molar-refractivity contribution in [2.45, 2.75) is 32.2 Å². The quantitative estimate of drug-likeness (QED) is 0.405. The highest BCUT2D eigenvalue weighted by Crippen LogP contribution is 1.92. The van der Waals surface area contributed by atoms with Crippen LogP contribution in [0.25, 0.3) is 0 Å². The minimum atomic E-state index is -1.08. The molecule has 1 unspecified atom stereocenters. The van der Waals surface area contributed by atoms with E-state index in [2.05, 4.69) is 24.1 Å². The smallest absolute Gasteiger partial charge is 0.326 e. The summed E-state index contributed by atoms with van der Waals surface area (Å²) in [5.74, 6) is -1.08. The highest BCUT2D eigenvalue weighted by atomic mass is 16.5. The van der Waals surface area contributed by atoms with Crippen LogP contribution in [0.4, 0.5) is 4.79 Å². The van der Waals surface area contributed by atoms with Crippen molar-refractivity contribution in [2.24, 2.45) is 0 Å². The first-order valence-corrected chi connectivity index (χ1v) is 6.07. The Balaban J connectivity index is 3.68. The van der Waals surface area contributed by atoms with E-state index < -0.39 is 18.0 Å². The third-order valence-corrected chi connectivity index (χ3v) is 2.18. The number of carbonyl (C=O) groups is 2. The van der Waals surface area contributed by atoms with Crippen molar-refractivity contribution in [3.05, 3.63) is 12.7 Å². The number of urea groups is 1. The Hall–Kier alpha value is -1.56. The maximum atomic E-state index is 11.3. The molecule has 18 heavy (non-hydrogen) atoms. The third-order valence-electron chi connectivity index (χ3n) is 2.18. The van der Waals surface area contributed by atoms with Gasteiger partial charge in [-0.1, -0.05) is 19.4 Å². The summed E-state index contributed by atoms with van der Waals surface area (Å²) in [6, 6.07) is -1.45. The summed E-state index contributed by atoms with van der Waals surface area (Å²) >= 11 is 0. The van der Waals surface area contributed by atoms with E-state index in [0.717, 1.165) is 12.8 Å². The normalized spacial score (nSPS) is 11.6.